The van der Waals surface area contributed by atoms with Crippen molar-refractivity contribution in [2.24, 2.45) is 22.7 Å². The summed E-state index contributed by atoms with van der Waals surface area (Å²) in [6.07, 6.45) is -0.300. The SMILES string of the molecule is C[C@]12C=CC(=O)C=C1[C@@H](F)C[C@H]1[C@@H]3CC[C@@](OC(=O)c4ccc(SCc5ccc(O)cc5)cc4)(C(=O)O)[C@@]3(C)C[C@H](O)C12F. The highest BCUT2D eigenvalue weighted by molar-refractivity contribution is 7.98. The number of phenolic OH excluding ortho intramolecular Hbond substituents is 1. The Morgan fingerprint density at radius 3 is 2.41 bits per heavy atom. The van der Waals surface area contributed by atoms with E-state index in [1.54, 1.807) is 43.3 Å². The molecule has 0 radical (unpaired) electrons. The summed E-state index contributed by atoms with van der Waals surface area (Å²) in [6, 6.07) is 13.4. The van der Waals surface area contributed by atoms with Gasteiger partial charge < -0.3 is 20.1 Å². The molecule has 0 spiro atoms. The smallest absolute Gasteiger partial charge is 0.348 e. The number of thioether (sulfide) groups is 1. The molecule has 10 heteroatoms. The van der Waals surface area contributed by atoms with Gasteiger partial charge in [-0.05, 0) is 98.2 Å². The largest absolute Gasteiger partial charge is 0.508 e. The van der Waals surface area contributed by atoms with Gasteiger partial charge in [0.25, 0.3) is 0 Å². The number of halogens is 2. The van der Waals surface area contributed by atoms with E-state index in [1.165, 1.54) is 30.8 Å². The maximum absolute atomic E-state index is 17.4. The molecule has 7 nitrogen and oxygen atoms in total. The zero-order valence-electron chi connectivity index (χ0n) is 24.3. The predicted octanol–water partition coefficient (Wildman–Crippen LogP) is 5.98. The highest BCUT2D eigenvalue weighted by Gasteiger charge is 2.77. The van der Waals surface area contributed by atoms with Gasteiger partial charge in [-0.3, -0.25) is 4.79 Å². The van der Waals surface area contributed by atoms with E-state index in [4.69, 9.17) is 4.74 Å². The number of benzene rings is 2. The fourth-order valence-corrected chi connectivity index (χ4v) is 9.27. The Hall–Kier alpha value is -3.50. The molecule has 2 aromatic carbocycles. The monoisotopic (exact) mass is 624 g/mol. The number of ether oxygens (including phenoxy) is 1. The number of allylic oxidation sites excluding steroid dienone is 4. The number of aliphatic carboxylic acids is 1. The molecule has 8 atom stereocenters. The summed E-state index contributed by atoms with van der Waals surface area (Å²) in [7, 11) is 0. The number of carboxylic acid groups (broad SMARTS) is 1. The second kappa shape index (κ2) is 10.5. The van der Waals surface area contributed by atoms with Gasteiger partial charge in [-0.2, -0.15) is 0 Å². The Bertz CT molecular complexity index is 1570. The van der Waals surface area contributed by atoms with Crippen LogP contribution in [0.3, 0.4) is 0 Å². The van der Waals surface area contributed by atoms with Gasteiger partial charge in [0.2, 0.25) is 5.60 Å². The lowest BCUT2D eigenvalue weighted by molar-refractivity contribution is -0.226. The summed E-state index contributed by atoms with van der Waals surface area (Å²) in [4.78, 5) is 39.3. The molecule has 3 fully saturated rings. The Morgan fingerprint density at radius 2 is 1.75 bits per heavy atom. The van der Waals surface area contributed by atoms with Crippen LogP contribution in [0.2, 0.25) is 0 Å². The average Bonchev–Trinajstić information content (AvgIpc) is 3.27. The second-order valence-corrected chi connectivity index (χ2v) is 13.9. The van der Waals surface area contributed by atoms with Crippen LogP contribution in [0.4, 0.5) is 8.78 Å². The zero-order chi connectivity index (χ0) is 31.7. The van der Waals surface area contributed by atoms with Crippen LogP contribution in [0.25, 0.3) is 0 Å². The highest BCUT2D eigenvalue weighted by Crippen LogP contribution is 2.70. The lowest BCUT2D eigenvalue weighted by atomic mass is 9.44. The van der Waals surface area contributed by atoms with Gasteiger partial charge in [0.1, 0.15) is 11.9 Å². The van der Waals surface area contributed by atoms with Gasteiger partial charge in [-0.1, -0.05) is 25.1 Å². The molecule has 4 aliphatic carbocycles. The van der Waals surface area contributed by atoms with Gasteiger partial charge in [0.15, 0.2) is 11.5 Å². The van der Waals surface area contributed by atoms with Crippen molar-refractivity contribution in [3.05, 3.63) is 83.5 Å². The van der Waals surface area contributed by atoms with Crippen molar-refractivity contribution in [1.82, 2.24) is 0 Å². The highest BCUT2D eigenvalue weighted by atomic mass is 32.2. The molecule has 4 aliphatic rings. The number of alkyl halides is 2. The predicted molar refractivity (Wildman–Crippen MR) is 159 cm³/mol. The van der Waals surface area contributed by atoms with Gasteiger partial charge in [0.05, 0.1) is 11.7 Å². The number of fused-ring (bicyclic) bond motifs is 5. The number of aliphatic hydroxyl groups is 1. The maximum atomic E-state index is 17.4. The van der Waals surface area contributed by atoms with E-state index >= 15 is 8.78 Å². The Balaban J connectivity index is 1.25. The van der Waals surface area contributed by atoms with Crippen LogP contribution in [0, 0.1) is 22.7 Å². The van der Waals surface area contributed by atoms with Crippen LogP contribution < -0.4 is 0 Å². The fraction of sp³-hybridized carbons (Fsp3) is 0.441. The van der Waals surface area contributed by atoms with Crippen molar-refractivity contribution in [3.8, 4) is 5.75 Å². The molecule has 0 aromatic heterocycles. The average molecular weight is 625 g/mol. The van der Waals surface area contributed by atoms with Crippen LogP contribution >= 0.6 is 11.8 Å². The van der Waals surface area contributed by atoms with Crippen molar-refractivity contribution in [3.63, 3.8) is 0 Å². The van der Waals surface area contributed by atoms with Gasteiger partial charge in [-0.25, -0.2) is 18.4 Å². The number of phenols is 1. The molecule has 44 heavy (non-hydrogen) atoms. The first kappa shape index (κ1) is 30.5. The van der Waals surface area contributed by atoms with E-state index in [0.717, 1.165) is 16.5 Å². The molecule has 2 aromatic rings. The number of carboxylic acids is 1. The number of carbonyl (C=O) groups is 3. The molecule has 0 saturated heterocycles. The lowest BCUT2D eigenvalue weighted by Crippen LogP contribution is -2.70. The minimum absolute atomic E-state index is 0.00926. The van der Waals surface area contributed by atoms with Crippen LogP contribution in [0.1, 0.15) is 55.5 Å². The first-order valence-electron chi connectivity index (χ1n) is 14.7. The second-order valence-electron chi connectivity index (χ2n) is 12.9. The normalized spacial score (nSPS) is 37.4. The van der Waals surface area contributed by atoms with Gasteiger partial charge in [0, 0.05) is 27.4 Å². The number of aromatic hydroxyl groups is 1. The summed E-state index contributed by atoms with van der Waals surface area (Å²) in [5.74, 6) is -3.66. The number of rotatable bonds is 6. The number of esters is 1. The van der Waals surface area contributed by atoms with E-state index in [-0.39, 0.29) is 42.6 Å². The number of ketones is 1. The number of hydrogen-bond donors (Lipinski definition) is 3. The molecule has 3 N–H and O–H groups in total. The molecular weight excluding hydrogens is 590 g/mol. The zero-order valence-corrected chi connectivity index (χ0v) is 25.2. The lowest BCUT2D eigenvalue weighted by Gasteiger charge is -2.62. The van der Waals surface area contributed by atoms with Crippen molar-refractivity contribution in [2.45, 2.75) is 73.7 Å². The molecule has 6 rings (SSSR count). The van der Waals surface area contributed by atoms with Crippen molar-refractivity contribution in [1.29, 1.82) is 0 Å². The summed E-state index contributed by atoms with van der Waals surface area (Å²) in [5.41, 5.74) is -6.26. The molecule has 232 valence electrons. The number of aliphatic hydroxyl groups excluding tert-OH is 1. The first-order chi connectivity index (χ1) is 20.7. The first-order valence-corrected chi connectivity index (χ1v) is 15.7. The van der Waals surface area contributed by atoms with E-state index < -0.39 is 63.9 Å². The van der Waals surface area contributed by atoms with Crippen LogP contribution in [0.5, 0.6) is 5.75 Å². The van der Waals surface area contributed by atoms with Crippen molar-refractivity contribution < 1.29 is 43.2 Å². The summed E-state index contributed by atoms with van der Waals surface area (Å²) in [6.45, 7) is 3.08. The van der Waals surface area contributed by atoms with Gasteiger partial charge >= 0.3 is 11.9 Å². The molecule has 0 amide bonds. The molecule has 0 aliphatic heterocycles. The fourth-order valence-electron chi connectivity index (χ4n) is 8.42. The van der Waals surface area contributed by atoms with E-state index in [1.807, 2.05) is 12.1 Å². The molecule has 0 heterocycles. The maximum Gasteiger partial charge on any atom is 0.348 e. The third-order valence-electron chi connectivity index (χ3n) is 10.8. The standard InChI is InChI=1S/C34H34F2O7S/c1-31-13-11-22(38)15-26(31)27(35)16-25-24-12-14-33(30(41)42,32(24,2)17-28(39)34(25,31)36)43-29(40)20-5-9-23(10-6-20)44-18-19-3-7-21(37)8-4-19/h3-11,13,15,24-25,27-28,37,39H,12,14,16-18H2,1-2H3,(H,41,42)/t24-,25-,27-,28-,31-,32-,33+,34?/m0/s1. The quantitative estimate of drug-likeness (QED) is 0.265. The van der Waals surface area contributed by atoms with E-state index in [2.05, 4.69) is 0 Å². The molecule has 1 unspecified atom stereocenters. The number of hydrogen-bond acceptors (Lipinski definition) is 7. The third-order valence-corrected chi connectivity index (χ3v) is 11.9. The van der Waals surface area contributed by atoms with Crippen LogP contribution in [0.15, 0.2) is 77.2 Å². The molecule has 0 bridgehead atoms. The Kier molecular flexibility index (Phi) is 7.32. The van der Waals surface area contributed by atoms with Crippen molar-refractivity contribution in [2.75, 3.05) is 0 Å². The summed E-state index contributed by atoms with van der Waals surface area (Å²) < 4.78 is 38.9. The van der Waals surface area contributed by atoms with Gasteiger partial charge in [-0.15, -0.1) is 11.8 Å². The Labute approximate surface area is 258 Å². The van der Waals surface area contributed by atoms with Crippen LogP contribution in [-0.2, 0) is 20.1 Å². The minimum Gasteiger partial charge on any atom is -0.508 e. The van der Waals surface area contributed by atoms with Crippen molar-refractivity contribution >= 4 is 29.5 Å². The third kappa shape index (κ3) is 4.35. The van der Waals surface area contributed by atoms with E-state index in [9.17, 15) is 29.7 Å². The number of carbonyl (C=O) groups excluding carboxylic acids is 2. The summed E-state index contributed by atoms with van der Waals surface area (Å²) in [5, 5.41) is 31.5. The van der Waals surface area contributed by atoms with E-state index in [0.29, 0.717) is 5.75 Å². The topological polar surface area (TPSA) is 121 Å². The molecular formula is C34H34F2O7S. The minimum atomic E-state index is -2.35. The molecule has 3 saturated carbocycles. The summed E-state index contributed by atoms with van der Waals surface area (Å²) >= 11 is 1.52. The Morgan fingerprint density at radius 1 is 1.07 bits per heavy atom. The van der Waals surface area contributed by atoms with Crippen LogP contribution in [-0.4, -0.2) is 56.6 Å².